The summed E-state index contributed by atoms with van der Waals surface area (Å²) in [6.07, 6.45) is 0. The molecule has 0 aliphatic rings. The number of hydrogen-bond acceptors (Lipinski definition) is 3. The van der Waals surface area contributed by atoms with Crippen LogP contribution >= 0.6 is 0 Å². The normalized spacial score (nSPS) is 10.3. The second-order valence-electron chi connectivity index (χ2n) is 4.50. The zero-order chi connectivity index (χ0) is 14.5. The quantitative estimate of drug-likeness (QED) is 0.846. The Morgan fingerprint density at radius 3 is 2.60 bits per heavy atom. The zero-order valence-electron chi connectivity index (χ0n) is 11.7. The smallest absolute Gasteiger partial charge is 0.126 e. The van der Waals surface area contributed by atoms with Crippen molar-refractivity contribution in [3.63, 3.8) is 0 Å². The molecule has 106 valence electrons. The number of nitrogen functional groups attached to an aromatic ring is 1. The van der Waals surface area contributed by atoms with Crippen molar-refractivity contribution in [1.82, 2.24) is 0 Å². The molecule has 0 fully saturated rings. The number of ether oxygens (including phenoxy) is 2. The van der Waals surface area contributed by atoms with Gasteiger partial charge in [-0.05, 0) is 43.7 Å². The second kappa shape index (κ2) is 6.28. The van der Waals surface area contributed by atoms with Gasteiger partial charge in [-0.15, -0.1) is 0 Å². The molecule has 0 aliphatic carbocycles. The summed E-state index contributed by atoms with van der Waals surface area (Å²) in [4.78, 5) is 0. The summed E-state index contributed by atoms with van der Waals surface area (Å²) < 4.78 is 24.4. The van der Waals surface area contributed by atoms with Gasteiger partial charge in [0.25, 0.3) is 0 Å². The van der Waals surface area contributed by atoms with Crippen molar-refractivity contribution in [2.45, 2.75) is 20.5 Å². The molecule has 2 N–H and O–H groups in total. The van der Waals surface area contributed by atoms with Gasteiger partial charge in [-0.3, -0.25) is 0 Å². The molecule has 0 spiro atoms. The minimum absolute atomic E-state index is 0.282. The van der Waals surface area contributed by atoms with Crippen LogP contribution in [-0.2, 0) is 6.61 Å². The number of rotatable bonds is 5. The Labute approximate surface area is 118 Å². The molecule has 2 rings (SSSR count). The Balaban J connectivity index is 2.17. The molecular weight excluding hydrogens is 257 g/mol. The molecule has 0 heterocycles. The van der Waals surface area contributed by atoms with Gasteiger partial charge < -0.3 is 15.2 Å². The van der Waals surface area contributed by atoms with Crippen molar-refractivity contribution in [3.8, 4) is 11.5 Å². The van der Waals surface area contributed by atoms with Crippen molar-refractivity contribution >= 4 is 5.69 Å². The molecule has 3 nitrogen and oxygen atoms in total. The van der Waals surface area contributed by atoms with Gasteiger partial charge in [0.1, 0.15) is 23.9 Å². The van der Waals surface area contributed by atoms with Gasteiger partial charge in [0, 0.05) is 17.3 Å². The van der Waals surface area contributed by atoms with E-state index in [1.807, 2.05) is 19.9 Å². The molecule has 2 aromatic carbocycles. The Morgan fingerprint density at radius 2 is 1.85 bits per heavy atom. The minimum Gasteiger partial charge on any atom is -0.493 e. The minimum atomic E-state index is -0.316. The first kappa shape index (κ1) is 14.2. The third-order valence-electron chi connectivity index (χ3n) is 2.92. The van der Waals surface area contributed by atoms with Crippen LogP contribution in [0.3, 0.4) is 0 Å². The van der Waals surface area contributed by atoms with Crippen LogP contribution < -0.4 is 15.2 Å². The topological polar surface area (TPSA) is 44.5 Å². The Kier molecular flexibility index (Phi) is 4.45. The van der Waals surface area contributed by atoms with Crippen LogP contribution in [0, 0.1) is 12.7 Å². The van der Waals surface area contributed by atoms with Gasteiger partial charge >= 0.3 is 0 Å². The lowest BCUT2D eigenvalue weighted by Gasteiger charge is -2.13. The third-order valence-corrected chi connectivity index (χ3v) is 2.92. The number of aryl methyl sites for hydroxylation is 1. The average Bonchev–Trinajstić information content (AvgIpc) is 2.42. The molecule has 0 aromatic heterocycles. The molecule has 0 bridgehead atoms. The van der Waals surface area contributed by atoms with Gasteiger partial charge in [0.2, 0.25) is 0 Å². The van der Waals surface area contributed by atoms with E-state index < -0.39 is 0 Å². The SMILES string of the molecule is CCOc1ccc(N)cc1COc1cc(F)ccc1C. The third kappa shape index (κ3) is 3.41. The first-order valence-corrected chi connectivity index (χ1v) is 6.50. The van der Waals surface area contributed by atoms with Gasteiger partial charge in [-0.1, -0.05) is 6.07 Å². The van der Waals surface area contributed by atoms with Crippen LogP contribution in [0.5, 0.6) is 11.5 Å². The molecule has 2 aromatic rings. The number of anilines is 1. The lowest BCUT2D eigenvalue weighted by molar-refractivity contribution is 0.284. The summed E-state index contributed by atoms with van der Waals surface area (Å²) in [6, 6.07) is 9.88. The highest BCUT2D eigenvalue weighted by Gasteiger charge is 2.07. The van der Waals surface area contributed by atoms with Crippen LogP contribution in [0.4, 0.5) is 10.1 Å². The lowest BCUT2D eigenvalue weighted by Crippen LogP contribution is -2.03. The summed E-state index contributed by atoms with van der Waals surface area (Å²) in [7, 11) is 0. The first-order chi connectivity index (χ1) is 9.60. The summed E-state index contributed by atoms with van der Waals surface area (Å²) in [6.45, 7) is 4.63. The Hall–Kier alpha value is -2.23. The predicted octanol–water partition coefficient (Wildman–Crippen LogP) is 3.69. The van der Waals surface area contributed by atoms with Gasteiger partial charge in [-0.2, -0.15) is 0 Å². The van der Waals surface area contributed by atoms with E-state index in [2.05, 4.69) is 0 Å². The second-order valence-corrected chi connectivity index (χ2v) is 4.50. The fourth-order valence-corrected chi connectivity index (χ4v) is 1.89. The van der Waals surface area contributed by atoms with Crippen LogP contribution in [0.2, 0.25) is 0 Å². The maximum Gasteiger partial charge on any atom is 0.126 e. The van der Waals surface area contributed by atoms with E-state index in [1.54, 1.807) is 18.2 Å². The maximum absolute atomic E-state index is 13.2. The predicted molar refractivity (Wildman–Crippen MR) is 77.5 cm³/mol. The molecule has 0 unspecified atom stereocenters. The number of halogens is 1. The highest BCUT2D eigenvalue weighted by molar-refractivity contribution is 5.48. The molecule has 0 saturated heterocycles. The lowest BCUT2D eigenvalue weighted by atomic mass is 10.2. The largest absolute Gasteiger partial charge is 0.493 e. The first-order valence-electron chi connectivity index (χ1n) is 6.50. The fourth-order valence-electron chi connectivity index (χ4n) is 1.89. The molecular formula is C16H18FNO2. The highest BCUT2D eigenvalue weighted by atomic mass is 19.1. The van der Waals surface area contributed by atoms with E-state index in [9.17, 15) is 4.39 Å². The van der Waals surface area contributed by atoms with Gasteiger partial charge in [0.05, 0.1) is 6.61 Å². The fraction of sp³-hybridized carbons (Fsp3) is 0.250. The molecule has 0 atom stereocenters. The van der Waals surface area contributed by atoms with E-state index in [1.165, 1.54) is 12.1 Å². The number of nitrogens with two attached hydrogens (primary N) is 1. The van der Waals surface area contributed by atoms with Gasteiger partial charge in [-0.25, -0.2) is 4.39 Å². The van der Waals surface area contributed by atoms with E-state index in [0.29, 0.717) is 18.0 Å². The molecule has 20 heavy (non-hydrogen) atoms. The van der Waals surface area contributed by atoms with Crippen molar-refractivity contribution in [1.29, 1.82) is 0 Å². The summed E-state index contributed by atoms with van der Waals surface area (Å²) in [5, 5.41) is 0. The Bertz CT molecular complexity index is 599. The van der Waals surface area contributed by atoms with Crippen molar-refractivity contribution < 1.29 is 13.9 Å². The monoisotopic (exact) mass is 275 g/mol. The van der Waals surface area contributed by atoms with E-state index >= 15 is 0 Å². The highest BCUT2D eigenvalue weighted by Crippen LogP contribution is 2.25. The molecule has 0 amide bonds. The summed E-state index contributed by atoms with van der Waals surface area (Å²) in [5.41, 5.74) is 8.14. The van der Waals surface area contributed by atoms with Crippen molar-refractivity contribution in [2.75, 3.05) is 12.3 Å². The number of benzene rings is 2. The molecule has 0 saturated carbocycles. The van der Waals surface area contributed by atoms with E-state index in [-0.39, 0.29) is 12.4 Å². The van der Waals surface area contributed by atoms with E-state index in [0.717, 1.165) is 16.9 Å². The molecule has 0 aliphatic heterocycles. The summed E-state index contributed by atoms with van der Waals surface area (Å²) in [5.74, 6) is 0.939. The molecule has 4 heteroatoms. The maximum atomic E-state index is 13.2. The average molecular weight is 275 g/mol. The van der Waals surface area contributed by atoms with Crippen LogP contribution in [0.25, 0.3) is 0 Å². The van der Waals surface area contributed by atoms with Gasteiger partial charge in [0.15, 0.2) is 0 Å². The van der Waals surface area contributed by atoms with Crippen molar-refractivity contribution in [3.05, 3.63) is 53.3 Å². The zero-order valence-corrected chi connectivity index (χ0v) is 11.7. The standard InChI is InChI=1S/C16H18FNO2/c1-3-19-15-7-6-14(18)8-12(15)10-20-16-9-13(17)5-4-11(16)2/h4-9H,3,10,18H2,1-2H3. The van der Waals surface area contributed by atoms with Crippen LogP contribution in [0.1, 0.15) is 18.1 Å². The van der Waals surface area contributed by atoms with Crippen LogP contribution in [0.15, 0.2) is 36.4 Å². The Morgan fingerprint density at radius 1 is 1.05 bits per heavy atom. The molecule has 0 radical (unpaired) electrons. The van der Waals surface area contributed by atoms with Crippen molar-refractivity contribution in [2.24, 2.45) is 0 Å². The van der Waals surface area contributed by atoms with Crippen LogP contribution in [-0.4, -0.2) is 6.61 Å². The number of hydrogen-bond donors (Lipinski definition) is 1. The van der Waals surface area contributed by atoms with E-state index in [4.69, 9.17) is 15.2 Å². The summed E-state index contributed by atoms with van der Waals surface area (Å²) >= 11 is 0.